The molecule has 2 unspecified atom stereocenters. The van der Waals surface area contributed by atoms with Gasteiger partial charge in [-0.2, -0.15) is 0 Å². The van der Waals surface area contributed by atoms with E-state index in [1.165, 1.54) is 32.1 Å². The molecule has 0 radical (unpaired) electrons. The van der Waals surface area contributed by atoms with Gasteiger partial charge in [-0.1, -0.05) is 167 Å². The molecule has 0 fully saturated rings. The van der Waals surface area contributed by atoms with Crippen molar-refractivity contribution >= 4 is 36.0 Å². The first kappa shape index (κ1) is 55.2. The van der Waals surface area contributed by atoms with E-state index in [0.29, 0.717) is 6.42 Å². The zero-order chi connectivity index (χ0) is 50.9. The summed E-state index contributed by atoms with van der Waals surface area (Å²) in [7, 11) is 0. The molecule has 3 atom stereocenters. The molecule has 0 bridgehead atoms. The third-order valence-electron chi connectivity index (χ3n) is 12.1. The van der Waals surface area contributed by atoms with Crippen LogP contribution in [0.2, 0.25) is 0 Å². The fourth-order valence-electron chi connectivity index (χ4n) is 8.39. The SMILES string of the molecule is CCCCCCCCCCCOC(=O)[C@@H](CCC(=O)NC(CCCC(NC(=O)OC(C)(C)C)C(=O)OCc1ccccc1)C(=O)OCc1ccccc1)NC(=O)OCC1c2ccccc2-c2ccccc21. The van der Waals surface area contributed by atoms with Gasteiger partial charge in [-0.05, 0) is 86.3 Å². The van der Waals surface area contributed by atoms with Crippen LogP contribution in [-0.2, 0) is 56.1 Å². The summed E-state index contributed by atoms with van der Waals surface area (Å²) < 4.78 is 28.1. The minimum atomic E-state index is -1.24. The van der Waals surface area contributed by atoms with Crippen LogP contribution in [0.4, 0.5) is 9.59 Å². The first-order chi connectivity index (χ1) is 34.3. The van der Waals surface area contributed by atoms with Crippen LogP contribution in [0.25, 0.3) is 11.1 Å². The number of hydrogen-bond acceptors (Lipinski definition) is 11. The van der Waals surface area contributed by atoms with Crippen molar-refractivity contribution in [2.24, 2.45) is 0 Å². The number of ether oxygens (including phenoxy) is 5. The molecule has 0 heterocycles. The maximum absolute atomic E-state index is 13.8. The third kappa shape index (κ3) is 19.6. The zero-order valence-electron chi connectivity index (χ0n) is 41.9. The van der Waals surface area contributed by atoms with Crippen LogP contribution in [0, 0.1) is 0 Å². The van der Waals surface area contributed by atoms with Gasteiger partial charge in [0.05, 0.1) is 6.61 Å². The molecule has 0 saturated carbocycles. The van der Waals surface area contributed by atoms with Gasteiger partial charge in [0, 0.05) is 12.3 Å². The predicted octanol–water partition coefficient (Wildman–Crippen LogP) is 10.8. The lowest BCUT2D eigenvalue weighted by Gasteiger charge is -2.24. The summed E-state index contributed by atoms with van der Waals surface area (Å²) in [5, 5.41) is 8.01. The first-order valence-corrected chi connectivity index (χ1v) is 25.3. The highest BCUT2D eigenvalue weighted by Gasteiger charge is 2.32. The summed E-state index contributed by atoms with van der Waals surface area (Å²) >= 11 is 0. The van der Waals surface area contributed by atoms with E-state index in [4.69, 9.17) is 23.7 Å². The van der Waals surface area contributed by atoms with E-state index in [2.05, 4.69) is 22.9 Å². The molecule has 1 aliphatic rings. The number of esters is 3. The van der Waals surface area contributed by atoms with Crippen LogP contribution in [0.5, 0.6) is 0 Å². The van der Waals surface area contributed by atoms with Gasteiger partial charge in [0.15, 0.2) is 0 Å². The van der Waals surface area contributed by atoms with Crippen molar-refractivity contribution in [1.82, 2.24) is 16.0 Å². The summed E-state index contributed by atoms with van der Waals surface area (Å²) in [6.07, 6.45) is 7.88. The highest BCUT2D eigenvalue weighted by molar-refractivity contribution is 5.86. The molecule has 382 valence electrons. The van der Waals surface area contributed by atoms with Crippen molar-refractivity contribution in [2.75, 3.05) is 13.2 Å². The Bertz CT molecular complexity index is 2250. The second kappa shape index (κ2) is 29.5. The fourth-order valence-corrected chi connectivity index (χ4v) is 8.39. The molecular formula is C57H73N3O11. The number of rotatable bonds is 29. The van der Waals surface area contributed by atoms with Crippen molar-refractivity contribution in [2.45, 2.75) is 160 Å². The molecule has 0 aromatic heterocycles. The summed E-state index contributed by atoms with van der Waals surface area (Å²) in [6.45, 7) is 7.39. The fraction of sp³-hybridized carbons (Fsp3) is 0.474. The maximum atomic E-state index is 13.8. The van der Waals surface area contributed by atoms with Crippen molar-refractivity contribution in [1.29, 1.82) is 0 Å². The Morgan fingerprint density at radius 1 is 0.493 bits per heavy atom. The van der Waals surface area contributed by atoms with Crippen LogP contribution in [-0.4, -0.2) is 72.9 Å². The molecule has 1 aliphatic carbocycles. The van der Waals surface area contributed by atoms with Crippen molar-refractivity contribution in [3.05, 3.63) is 131 Å². The van der Waals surface area contributed by atoms with Gasteiger partial charge in [0.25, 0.3) is 0 Å². The maximum Gasteiger partial charge on any atom is 0.408 e. The molecule has 5 rings (SSSR count). The van der Waals surface area contributed by atoms with Gasteiger partial charge in [-0.3, -0.25) is 4.79 Å². The molecule has 71 heavy (non-hydrogen) atoms. The largest absolute Gasteiger partial charge is 0.464 e. The number of hydrogen-bond donors (Lipinski definition) is 3. The zero-order valence-corrected chi connectivity index (χ0v) is 41.9. The summed E-state index contributed by atoms with van der Waals surface area (Å²) in [5.74, 6) is -2.93. The van der Waals surface area contributed by atoms with Gasteiger partial charge in [-0.15, -0.1) is 0 Å². The minimum absolute atomic E-state index is 0.0139. The number of carbonyl (C=O) groups is 6. The number of nitrogens with one attached hydrogen (secondary N) is 3. The highest BCUT2D eigenvalue weighted by Crippen LogP contribution is 2.44. The van der Waals surface area contributed by atoms with Crippen molar-refractivity contribution in [3.8, 4) is 11.1 Å². The number of benzene rings is 4. The Morgan fingerprint density at radius 3 is 1.48 bits per heavy atom. The molecule has 0 aliphatic heterocycles. The normalized spacial score (nSPS) is 13.1. The van der Waals surface area contributed by atoms with Gasteiger partial charge in [0.1, 0.15) is 43.5 Å². The van der Waals surface area contributed by atoms with Gasteiger partial charge in [0.2, 0.25) is 5.91 Å². The molecule has 3 amide bonds. The lowest BCUT2D eigenvalue weighted by molar-refractivity contribution is -0.150. The average Bonchev–Trinajstić information content (AvgIpc) is 3.68. The quantitative estimate of drug-likeness (QED) is 0.0267. The minimum Gasteiger partial charge on any atom is -0.464 e. The van der Waals surface area contributed by atoms with E-state index < -0.39 is 59.7 Å². The second-order valence-electron chi connectivity index (χ2n) is 19.0. The van der Waals surface area contributed by atoms with Crippen LogP contribution >= 0.6 is 0 Å². The van der Waals surface area contributed by atoms with Crippen LogP contribution in [0.1, 0.15) is 146 Å². The summed E-state index contributed by atoms with van der Waals surface area (Å²) in [5.41, 5.74) is 4.85. The lowest BCUT2D eigenvalue weighted by atomic mass is 9.98. The Morgan fingerprint density at radius 2 is 0.944 bits per heavy atom. The first-order valence-electron chi connectivity index (χ1n) is 25.3. The lowest BCUT2D eigenvalue weighted by Crippen LogP contribution is -2.46. The van der Waals surface area contributed by atoms with E-state index in [9.17, 15) is 28.8 Å². The van der Waals surface area contributed by atoms with Gasteiger partial charge in [-0.25, -0.2) is 24.0 Å². The van der Waals surface area contributed by atoms with Gasteiger partial charge < -0.3 is 39.6 Å². The summed E-state index contributed by atoms with van der Waals surface area (Å²) in [6, 6.07) is 30.5. The topological polar surface area (TPSA) is 185 Å². The number of alkyl carbamates (subject to hydrolysis) is 2. The molecule has 14 nitrogen and oxygen atoms in total. The monoisotopic (exact) mass is 976 g/mol. The Labute approximate surface area is 419 Å². The number of carbonyl (C=O) groups excluding carboxylic acids is 6. The van der Waals surface area contributed by atoms with E-state index in [1.54, 1.807) is 45.0 Å². The summed E-state index contributed by atoms with van der Waals surface area (Å²) in [4.78, 5) is 80.8. The molecule has 0 spiro atoms. The van der Waals surface area contributed by atoms with Crippen LogP contribution < -0.4 is 16.0 Å². The second-order valence-corrected chi connectivity index (χ2v) is 19.0. The average molecular weight is 976 g/mol. The molecule has 14 heteroatoms. The third-order valence-corrected chi connectivity index (χ3v) is 12.1. The molecular weight excluding hydrogens is 903 g/mol. The highest BCUT2D eigenvalue weighted by atomic mass is 16.6. The van der Waals surface area contributed by atoms with Gasteiger partial charge >= 0.3 is 30.1 Å². The van der Waals surface area contributed by atoms with E-state index >= 15 is 0 Å². The van der Waals surface area contributed by atoms with E-state index in [1.807, 2.05) is 84.9 Å². The predicted molar refractivity (Wildman–Crippen MR) is 271 cm³/mol. The number of fused-ring (bicyclic) bond motifs is 3. The Kier molecular flexibility index (Phi) is 22.9. The Hall–Kier alpha value is -6.70. The molecule has 0 saturated heterocycles. The van der Waals surface area contributed by atoms with E-state index in [0.717, 1.165) is 52.6 Å². The molecule has 4 aromatic rings. The number of unbranched alkanes of at least 4 members (excludes halogenated alkanes) is 8. The standard InChI is InChI=1S/C57H73N3O11/c1-5-6-7-8-9-10-11-12-23-37-67-52(62)50(59-55(65)70-40-47-45-31-21-19-29-43(45)44-30-20-22-32-46(44)47)35-36-51(61)58-48(53(63)68-38-41-25-15-13-16-26-41)33-24-34-49(60-56(66)71-57(2,3)4)54(64)69-39-42-27-17-14-18-28-42/h13-22,25-32,47-50H,5-12,23-24,33-40H2,1-4H3,(H,58,61)(H,59,65)(H,60,66)/t48?,49?,50-/m1/s1. The van der Waals surface area contributed by atoms with Crippen molar-refractivity contribution in [3.63, 3.8) is 0 Å². The van der Waals surface area contributed by atoms with Crippen molar-refractivity contribution < 1.29 is 52.5 Å². The van der Waals surface area contributed by atoms with Crippen LogP contribution in [0.15, 0.2) is 109 Å². The van der Waals surface area contributed by atoms with E-state index in [-0.39, 0.29) is 64.4 Å². The molecule has 3 N–H and O–H groups in total. The smallest absolute Gasteiger partial charge is 0.408 e. The van der Waals surface area contributed by atoms with Crippen LogP contribution in [0.3, 0.4) is 0 Å². The molecule has 4 aromatic carbocycles. The number of amides is 3. The Balaban J connectivity index is 1.23.